The summed E-state index contributed by atoms with van der Waals surface area (Å²) in [5, 5.41) is 7.49. The van der Waals surface area contributed by atoms with Crippen LogP contribution in [-0.4, -0.2) is 35.4 Å². The lowest BCUT2D eigenvalue weighted by atomic mass is 9.82. The first-order valence-corrected chi connectivity index (χ1v) is 7.01. The number of carbonyl (C=O) groups excluding carboxylic acids is 1. The molecule has 0 unspecified atom stereocenters. The molecule has 2 rings (SSSR count). The summed E-state index contributed by atoms with van der Waals surface area (Å²) in [6.45, 7) is 6.97. The molecule has 5 nitrogen and oxygen atoms in total. The molecule has 2 heterocycles. The molecule has 1 aromatic rings. The summed E-state index contributed by atoms with van der Waals surface area (Å²) >= 11 is 6.01. The van der Waals surface area contributed by atoms with Gasteiger partial charge in [0, 0.05) is 32.5 Å². The highest BCUT2D eigenvalue weighted by Crippen LogP contribution is 2.28. The lowest BCUT2D eigenvalue weighted by Crippen LogP contribution is -2.39. The number of nitrogens with one attached hydrogen (secondary N) is 1. The fourth-order valence-electron chi connectivity index (χ4n) is 2.13. The molecule has 0 aromatic carbocycles. The average Bonchev–Trinajstić information content (AvgIpc) is 2.78. The second-order valence-corrected chi connectivity index (χ2v) is 5.69. The Hall–Kier alpha value is -1.07. The molecule has 0 radical (unpaired) electrons. The Morgan fingerprint density at radius 1 is 1.58 bits per heavy atom. The zero-order valence-electron chi connectivity index (χ0n) is 11.4. The maximum atomic E-state index is 12.1. The van der Waals surface area contributed by atoms with E-state index in [1.807, 2.05) is 6.92 Å². The van der Waals surface area contributed by atoms with Crippen molar-refractivity contribution in [1.29, 1.82) is 0 Å². The summed E-state index contributed by atoms with van der Waals surface area (Å²) in [5.41, 5.74) is 0.410. The van der Waals surface area contributed by atoms with Crippen LogP contribution in [0.2, 0.25) is 5.02 Å². The molecule has 19 heavy (non-hydrogen) atoms. The number of halogens is 1. The van der Waals surface area contributed by atoms with Gasteiger partial charge in [-0.25, -0.2) is 0 Å². The van der Waals surface area contributed by atoms with Crippen LogP contribution in [0.5, 0.6) is 0 Å². The molecule has 106 valence electrons. The van der Waals surface area contributed by atoms with Crippen molar-refractivity contribution < 1.29 is 9.53 Å². The molecule has 0 aliphatic carbocycles. The van der Waals surface area contributed by atoms with E-state index in [0.29, 0.717) is 23.8 Å². The Morgan fingerprint density at radius 2 is 2.26 bits per heavy atom. The standard InChI is InChI=1S/C13H20ClN3O2/c1-3-17-8-10(14)11(16-17)12(18)15-9-13(2)4-6-19-7-5-13/h8H,3-7,9H2,1-2H3,(H,15,18). The molecule has 1 aliphatic rings. The highest BCUT2D eigenvalue weighted by Gasteiger charge is 2.28. The second kappa shape index (κ2) is 5.92. The Labute approximate surface area is 118 Å². The van der Waals surface area contributed by atoms with E-state index in [4.69, 9.17) is 16.3 Å². The van der Waals surface area contributed by atoms with Crippen LogP contribution in [-0.2, 0) is 11.3 Å². The Balaban J connectivity index is 1.95. The van der Waals surface area contributed by atoms with Crippen molar-refractivity contribution >= 4 is 17.5 Å². The van der Waals surface area contributed by atoms with E-state index in [1.54, 1.807) is 10.9 Å². The third-order valence-electron chi connectivity index (χ3n) is 3.63. The predicted molar refractivity (Wildman–Crippen MR) is 73.4 cm³/mol. The van der Waals surface area contributed by atoms with Crippen LogP contribution in [0.1, 0.15) is 37.2 Å². The third-order valence-corrected chi connectivity index (χ3v) is 3.91. The topological polar surface area (TPSA) is 56.2 Å². The first-order valence-electron chi connectivity index (χ1n) is 6.63. The number of ether oxygens (including phenoxy) is 1. The number of carbonyl (C=O) groups is 1. The molecule has 1 saturated heterocycles. The van der Waals surface area contributed by atoms with Gasteiger partial charge in [-0.2, -0.15) is 5.10 Å². The van der Waals surface area contributed by atoms with Crippen molar-refractivity contribution in [2.75, 3.05) is 19.8 Å². The number of aryl methyl sites for hydroxylation is 1. The van der Waals surface area contributed by atoms with E-state index in [-0.39, 0.29) is 11.3 Å². The summed E-state index contributed by atoms with van der Waals surface area (Å²) in [7, 11) is 0. The molecule has 6 heteroatoms. The van der Waals surface area contributed by atoms with Crippen LogP contribution in [0.3, 0.4) is 0 Å². The Bertz CT molecular complexity index is 453. The monoisotopic (exact) mass is 285 g/mol. The van der Waals surface area contributed by atoms with Crippen LogP contribution < -0.4 is 5.32 Å². The molecule has 0 saturated carbocycles. The van der Waals surface area contributed by atoms with Gasteiger partial charge in [0.1, 0.15) is 0 Å². The molecule has 1 aliphatic heterocycles. The van der Waals surface area contributed by atoms with Crippen molar-refractivity contribution in [2.24, 2.45) is 5.41 Å². The number of hydrogen-bond acceptors (Lipinski definition) is 3. The van der Waals surface area contributed by atoms with Crippen LogP contribution in [0.25, 0.3) is 0 Å². The normalized spacial score (nSPS) is 18.3. The first-order chi connectivity index (χ1) is 9.04. The average molecular weight is 286 g/mol. The Kier molecular flexibility index (Phi) is 4.47. The molecule has 0 atom stereocenters. The van der Waals surface area contributed by atoms with Gasteiger partial charge in [-0.3, -0.25) is 9.48 Å². The van der Waals surface area contributed by atoms with Gasteiger partial charge < -0.3 is 10.1 Å². The Morgan fingerprint density at radius 3 is 2.84 bits per heavy atom. The van der Waals surface area contributed by atoms with Gasteiger partial charge in [0.15, 0.2) is 5.69 Å². The maximum absolute atomic E-state index is 12.1. The number of hydrogen-bond donors (Lipinski definition) is 1. The number of amides is 1. The van der Waals surface area contributed by atoms with Crippen molar-refractivity contribution in [3.63, 3.8) is 0 Å². The van der Waals surface area contributed by atoms with Crippen molar-refractivity contribution in [2.45, 2.75) is 33.2 Å². The fraction of sp³-hybridized carbons (Fsp3) is 0.692. The summed E-state index contributed by atoms with van der Waals surface area (Å²) in [6, 6.07) is 0. The molecule has 1 aromatic heterocycles. The van der Waals surface area contributed by atoms with E-state index < -0.39 is 0 Å². The minimum Gasteiger partial charge on any atom is -0.381 e. The predicted octanol–water partition coefficient (Wildman–Crippen LogP) is 2.10. The summed E-state index contributed by atoms with van der Waals surface area (Å²) in [6.07, 6.45) is 3.60. The molecule has 1 amide bonds. The summed E-state index contributed by atoms with van der Waals surface area (Å²) in [4.78, 5) is 12.1. The van der Waals surface area contributed by atoms with E-state index in [2.05, 4.69) is 17.3 Å². The minimum atomic E-state index is -0.204. The molecule has 0 bridgehead atoms. The van der Waals surface area contributed by atoms with E-state index >= 15 is 0 Å². The minimum absolute atomic E-state index is 0.105. The fourth-order valence-corrected chi connectivity index (χ4v) is 2.37. The van der Waals surface area contributed by atoms with Gasteiger partial charge in [0.2, 0.25) is 0 Å². The highest BCUT2D eigenvalue weighted by atomic mass is 35.5. The van der Waals surface area contributed by atoms with E-state index in [9.17, 15) is 4.79 Å². The van der Waals surface area contributed by atoms with Gasteiger partial charge in [-0.1, -0.05) is 18.5 Å². The SMILES string of the molecule is CCn1cc(Cl)c(C(=O)NCC2(C)CCOCC2)n1. The molecular formula is C13H20ClN3O2. The number of aromatic nitrogens is 2. The number of nitrogens with zero attached hydrogens (tertiary/aromatic N) is 2. The number of rotatable bonds is 4. The zero-order valence-corrected chi connectivity index (χ0v) is 12.2. The lowest BCUT2D eigenvalue weighted by molar-refractivity contribution is 0.0238. The van der Waals surface area contributed by atoms with Gasteiger partial charge in [0.05, 0.1) is 5.02 Å². The summed E-state index contributed by atoms with van der Waals surface area (Å²) in [5.74, 6) is -0.204. The van der Waals surface area contributed by atoms with Crippen molar-refractivity contribution in [3.05, 3.63) is 16.9 Å². The van der Waals surface area contributed by atoms with Gasteiger partial charge in [-0.15, -0.1) is 0 Å². The molecule has 1 N–H and O–H groups in total. The smallest absolute Gasteiger partial charge is 0.273 e. The van der Waals surface area contributed by atoms with Crippen LogP contribution in [0.4, 0.5) is 0 Å². The highest BCUT2D eigenvalue weighted by molar-refractivity contribution is 6.33. The van der Waals surface area contributed by atoms with Gasteiger partial charge >= 0.3 is 0 Å². The first kappa shape index (κ1) is 14.3. The van der Waals surface area contributed by atoms with Crippen LogP contribution in [0.15, 0.2) is 6.20 Å². The summed E-state index contributed by atoms with van der Waals surface area (Å²) < 4.78 is 7.00. The van der Waals surface area contributed by atoms with Gasteiger partial charge in [-0.05, 0) is 25.2 Å². The third kappa shape index (κ3) is 3.48. The quantitative estimate of drug-likeness (QED) is 0.922. The largest absolute Gasteiger partial charge is 0.381 e. The second-order valence-electron chi connectivity index (χ2n) is 5.29. The zero-order chi connectivity index (χ0) is 13.9. The van der Waals surface area contributed by atoms with Crippen LogP contribution in [0, 0.1) is 5.41 Å². The maximum Gasteiger partial charge on any atom is 0.273 e. The van der Waals surface area contributed by atoms with E-state index in [0.717, 1.165) is 26.1 Å². The molecule has 0 spiro atoms. The van der Waals surface area contributed by atoms with E-state index in [1.165, 1.54) is 0 Å². The van der Waals surface area contributed by atoms with Gasteiger partial charge in [0.25, 0.3) is 5.91 Å². The van der Waals surface area contributed by atoms with Crippen molar-refractivity contribution in [1.82, 2.24) is 15.1 Å². The van der Waals surface area contributed by atoms with Crippen LogP contribution >= 0.6 is 11.6 Å². The molecular weight excluding hydrogens is 266 g/mol. The lowest BCUT2D eigenvalue weighted by Gasteiger charge is -2.33. The van der Waals surface area contributed by atoms with Crippen molar-refractivity contribution in [3.8, 4) is 0 Å². The molecule has 1 fully saturated rings.